The molecule has 0 bridgehead atoms. The maximum Gasteiger partial charge on any atom is 0.0307 e. The molecule has 1 heterocycles. The third-order valence-electron chi connectivity index (χ3n) is 4.66. The number of rotatable bonds is 9. The van der Waals surface area contributed by atoms with E-state index in [9.17, 15) is 0 Å². The Morgan fingerprint density at radius 2 is 2.00 bits per heavy atom. The number of likely N-dealkylation sites (N-methyl/N-ethyl adjacent to an activating group) is 1. The average Bonchev–Trinajstić information content (AvgIpc) is 2.82. The van der Waals surface area contributed by atoms with Crippen LogP contribution in [0.25, 0.3) is 0 Å². The lowest BCUT2D eigenvalue weighted by molar-refractivity contribution is 0.0721. The lowest BCUT2D eigenvalue weighted by Gasteiger charge is -2.43. The van der Waals surface area contributed by atoms with Gasteiger partial charge in [0.15, 0.2) is 0 Å². The molecule has 1 fully saturated rings. The zero-order valence-corrected chi connectivity index (χ0v) is 13.6. The van der Waals surface area contributed by atoms with Crippen molar-refractivity contribution in [2.45, 2.75) is 70.4 Å². The minimum atomic E-state index is 0.213. The number of likely N-dealkylation sites (tertiary alicyclic amines) is 1. The highest BCUT2D eigenvalue weighted by atomic mass is 15.3. The Morgan fingerprint density at radius 1 is 1.26 bits per heavy atom. The number of hydrogen-bond donors (Lipinski definition) is 1. The van der Waals surface area contributed by atoms with Gasteiger partial charge in [0.25, 0.3) is 0 Å². The maximum absolute atomic E-state index is 6.14. The Kier molecular flexibility index (Phi) is 7.33. The van der Waals surface area contributed by atoms with E-state index in [1.54, 1.807) is 0 Å². The van der Waals surface area contributed by atoms with E-state index in [4.69, 9.17) is 5.73 Å². The fraction of sp³-hybridized carbons (Fsp3) is 1.00. The molecule has 0 aliphatic carbocycles. The van der Waals surface area contributed by atoms with Gasteiger partial charge in [0.1, 0.15) is 0 Å². The number of unbranched alkanes of at least 4 members (excludes halogenated alkanes) is 3. The standard InChI is InChI=1S/C16H35N3/c1-5-6-7-8-11-16(2,14-17)19-12-9-10-15(19)13-18(3)4/h15H,5-14,17H2,1-4H3. The normalized spacial score (nSPS) is 24.0. The Bertz CT molecular complexity index is 242. The summed E-state index contributed by atoms with van der Waals surface area (Å²) in [5.74, 6) is 0. The third-order valence-corrected chi connectivity index (χ3v) is 4.66. The lowest BCUT2D eigenvalue weighted by atomic mass is 9.91. The first-order valence-corrected chi connectivity index (χ1v) is 8.15. The van der Waals surface area contributed by atoms with Crippen LogP contribution >= 0.6 is 0 Å². The van der Waals surface area contributed by atoms with Crippen molar-refractivity contribution in [3.63, 3.8) is 0 Å². The summed E-state index contributed by atoms with van der Waals surface area (Å²) in [5, 5.41) is 0. The smallest absolute Gasteiger partial charge is 0.0307 e. The van der Waals surface area contributed by atoms with Crippen LogP contribution in [-0.2, 0) is 0 Å². The van der Waals surface area contributed by atoms with E-state index in [0.29, 0.717) is 6.04 Å². The summed E-state index contributed by atoms with van der Waals surface area (Å²) in [5.41, 5.74) is 6.35. The van der Waals surface area contributed by atoms with E-state index >= 15 is 0 Å². The first kappa shape index (κ1) is 16.9. The molecule has 1 rings (SSSR count). The van der Waals surface area contributed by atoms with Gasteiger partial charge in [-0.05, 0) is 46.8 Å². The third kappa shape index (κ3) is 5.05. The average molecular weight is 269 g/mol. The molecule has 0 spiro atoms. The Balaban J connectivity index is 2.54. The van der Waals surface area contributed by atoms with Crippen molar-refractivity contribution in [2.75, 3.05) is 33.7 Å². The molecule has 0 saturated carbocycles. The van der Waals surface area contributed by atoms with Gasteiger partial charge in [0.05, 0.1) is 0 Å². The van der Waals surface area contributed by atoms with Crippen molar-refractivity contribution in [3.8, 4) is 0 Å². The predicted molar refractivity (Wildman–Crippen MR) is 84.5 cm³/mol. The topological polar surface area (TPSA) is 32.5 Å². The summed E-state index contributed by atoms with van der Waals surface area (Å²) in [6.07, 6.45) is 9.29. The van der Waals surface area contributed by atoms with Gasteiger partial charge in [-0.15, -0.1) is 0 Å². The molecule has 0 aromatic rings. The molecule has 0 radical (unpaired) electrons. The van der Waals surface area contributed by atoms with Crippen molar-refractivity contribution in [2.24, 2.45) is 5.73 Å². The largest absolute Gasteiger partial charge is 0.329 e. The van der Waals surface area contributed by atoms with Crippen LogP contribution in [0.15, 0.2) is 0 Å². The molecule has 3 heteroatoms. The molecule has 1 saturated heterocycles. The zero-order chi connectivity index (χ0) is 14.3. The second-order valence-electron chi connectivity index (χ2n) is 6.76. The van der Waals surface area contributed by atoms with Gasteiger partial charge in [-0.25, -0.2) is 0 Å². The molecule has 0 amide bonds. The highest BCUT2D eigenvalue weighted by Crippen LogP contribution is 2.30. The highest BCUT2D eigenvalue weighted by molar-refractivity contribution is 4.95. The molecule has 2 N–H and O–H groups in total. The van der Waals surface area contributed by atoms with E-state index in [0.717, 1.165) is 6.54 Å². The van der Waals surface area contributed by atoms with Gasteiger partial charge < -0.3 is 10.6 Å². The summed E-state index contributed by atoms with van der Waals surface area (Å²) < 4.78 is 0. The molecule has 19 heavy (non-hydrogen) atoms. The second kappa shape index (κ2) is 8.23. The summed E-state index contributed by atoms with van der Waals surface area (Å²) >= 11 is 0. The molecular formula is C16H35N3. The van der Waals surface area contributed by atoms with Gasteiger partial charge in [0.2, 0.25) is 0 Å². The molecule has 1 aliphatic rings. The van der Waals surface area contributed by atoms with Crippen LogP contribution < -0.4 is 5.73 Å². The molecular weight excluding hydrogens is 234 g/mol. The second-order valence-corrected chi connectivity index (χ2v) is 6.76. The Hall–Kier alpha value is -0.120. The molecule has 1 aliphatic heterocycles. The van der Waals surface area contributed by atoms with Crippen LogP contribution in [0.5, 0.6) is 0 Å². The molecule has 2 atom stereocenters. The van der Waals surface area contributed by atoms with Crippen molar-refractivity contribution < 1.29 is 0 Å². The van der Waals surface area contributed by atoms with E-state index in [1.807, 2.05) is 0 Å². The van der Waals surface area contributed by atoms with Gasteiger partial charge >= 0.3 is 0 Å². The number of nitrogens with two attached hydrogens (primary N) is 1. The summed E-state index contributed by atoms with van der Waals surface area (Å²) in [4.78, 5) is 5.02. The molecule has 114 valence electrons. The highest BCUT2D eigenvalue weighted by Gasteiger charge is 2.37. The molecule has 0 aromatic heterocycles. The van der Waals surface area contributed by atoms with Crippen LogP contribution in [0.3, 0.4) is 0 Å². The van der Waals surface area contributed by atoms with Crippen LogP contribution in [0.4, 0.5) is 0 Å². The summed E-state index contributed by atoms with van der Waals surface area (Å²) in [7, 11) is 4.36. The zero-order valence-electron chi connectivity index (χ0n) is 13.6. The van der Waals surface area contributed by atoms with E-state index in [2.05, 4.69) is 37.7 Å². The summed E-state index contributed by atoms with van der Waals surface area (Å²) in [6, 6.07) is 0.703. The van der Waals surface area contributed by atoms with Gasteiger partial charge in [0, 0.05) is 24.7 Å². The fourth-order valence-corrected chi connectivity index (χ4v) is 3.45. The minimum Gasteiger partial charge on any atom is -0.329 e. The van der Waals surface area contributed by atoms with Crippen molar-refractivity contribution >= 4 is 0 Å². The first-order chi connectivity index (χ1) is 9.03. The molecule has 2 unspecified atom stereocenters. The number of hydrogen-bond acceptors (Lipinski definition) is 3. The predicted octanol–water partition coefficient (Wildman–Crippen LogP) is 2.70. The maximum atomic E-state index is 6.14. The van der Waals surface area contributed by atoms with Crippen LogP contribution in [-0.4, -0.2) is 55.1 Å². The SMILES string of the molecule is CCCCCCC(C)(CN)N1CCCC1CN(C)C. The number of nitrogens with zero attached hydrogens (tertiary/aromatic N) is 2. The van der Waals surface area contributed by atoms with Crippen LogP contribution in [0, 0.1) is 0 Å². The summed E-state index contributed by atoms with van der Waals surface area (Å²) in [6.45, 7) is 7.86. The Labute approximate surface area is 120 Å². The van der Waals surface area contributed by atoms with Gasteiger partial charge in [-0.1, -0.05) is 32.6 Å². The lowest BCUT2D eigenvalue weighted by Crippen LogP contribution is -2.55. The van der Waals surface area contributed by atoms with Crippen LogP contribution in [0.1, 0.15) is 58.8 Å². The first-order valence-electron chi connectivity index (χ1n) is 8.15. The Morgan fingerprint density at radius 3 is 2.58 bits per heavy atom. The van der Waals surface area contributed by atoms with Crippen LogP contribution in [0.2, 0.25) is 0 Å². The van der Waals surface area contributed by atoms with E-state index < -0.39 is 0 Å². The minimum absolute atomic E-state index is 0.213. The fourth-order valence-electron chi connectivity index (χ4n) is 3.45. The molecule has 3 nitrogen and oxygen atoms in total. The van der Waals surface area contributed by atoms with E-state index in [1.165, 1.54) is 58.0 Å². The monoisotopic (exact) mass is 269 g/mol. The van der Waals surface area contributed by atoms with Crippen molar-refractivity contribution in [3.05, 3.63) is 0 Å². The van der Waals surface area contributed by atoms with E-state index in [-0.39, 0.29) is 5.54 Å². The van der Waals surface area contributed by atoms with Crippen molar-refractivity contribution in [1.82, 2.24) is 9.80 Å². The van der Waals surface area contributed by atoms with Crippen molar-refractivity contribution in [1.29, 1.82) is 0 Å². The van der Waals surface area contributed by atoms with Gasteiger partial charge in [-0.3, -0.25) is 4.90 Å². The molecule has 0 aromatic carbocycles. The quantitative estimate of drug-likeness (QED) is 0.653. The van der Waals surface area contributed by atoms with Gasteiger partial charge in [-0.2, -0.15) is 0 Å².